The van der Waals surface area contributed by atoms with Gasteiger partial charge in [-0.1, -0.05) is 85.2 Å². The van der Waals surface area contributed by atoms with E-state index in [9.17, 15) is 4.57 Å². The lowest BCUT2D eigenvalue weighted by molar-refractivity contribution is 0.564. The van der Waals surface area contributed by atoms with Crippen molar-refractivity contribution in [2.75, 3.05) is 0 Å². The van der Waals surface area contributed by atoms with Crippen LogP contribution in [0.2, 0.25) is 0 Å². The van der Waals surface area contributed by atoms with Crippen LogP contribution < -0.4 is 10.6 Å². The Morgan fingerprint density at radius 2 is 1.42 bits per heavy atom. The topological polar surface area (TPSA) is 17.1 Å². The van der Waals surface area contributed by atoms with Gasteiger partial charge in [-0.3, -0.25) is 0 Å². The zero-order chi connectivity index (χ0) is 14.1. The van der Waals surface area contributed by atoms with Crippen LogP contribution in [-0.4, -0.2) is 5.16 Å². The molecule has 3 heteroatoms. The number of rotatable bonds is 2. The Morgan fingerprint density at radius 1 is 0.895 bits per heavy atom. The molecular weight excluding hydrogens is 319 g/mol. The molecule has 1 nitrogen and oxygen atoms in total. The average molecular weight is 337 g/mol. The van der Waals surface area contributed by atoms with Crippen LogP contribution in [0.5, 0.6) is 0 Å². The first-order chi connectivity index (χ1) is 8.87. The molecular formula is C16H18BrOP. The van der Waals surface area contributed by atoms with Crippen molar-refractivity contribution in [3.05, 3.63) is 59.1 Å². The second-order valence-corrected chi connectivity index (χ2v) is 9.98. The molecule has 0 N–H and O–H groups in total. The van der Waals surface area contributed by atoms with Crippen LogP contribution >= 0.6 is 23.1 Å². The van der Waals surface area contributed by atoms with E-state index in [0.717, 1.165) is 15.1 Å². The highest BCUT2D eigenvalue weighted by atomic mass is 79.9. The van der Waals surface area contributed by atoms with E-state index in [4.69, 9.17) is 0 Å². The molecule has 0 unspecified atom stereocenters. The maximum atomic E-state index is 13.8. The fourth-order valence-corrected chi connectivity index (χ4v) is 6.31. The van der Waals surface area contributed by atoms with Crippen LogP contribution in [0.4, 0.5) is 0 Å². The Bertz CT molecular complexity index is 614. The van der Waals surface area contributed by atoms with Gasteiger partial charge >= 0.3 is 0 Å². The molecule has 0 amide bonds. The highest BCUT2D eigenvalue weighted by Gasteiger charge is 2.40. The third-order valence-electron chi connectivity index (χ3n) is 3.26. The van der Waals surface area contributed by atoms with Gasteiger partial charge in [0.25, 0.3) is 0 Å². The SMILES string of the molecule is CC(C)(C)[P@](=O)(c1ccccc1)c1ccccc1Br. The summed E-state index contributed by atoms with van der Waals surface area (Å²) in [5, 5.41) is 1.49. The Balaban J connectivity index is 2.75. The van der Waals surface area contributed by atoms with Gasteiger partial charge in [0.15, 0.2) is 0 Å². The Labute approximate surface area is 123 Å². The van der Waals surface area contributed by atoms with E-state index in [1.807, 2.05) is 75.4 Å². The molecule has 2 aromatic carbocycles. The Morgan fingerprint density at radius 3 is 1.95 bits per heavy atom. The molecule has 0 spiro atoms. The van der Waals surface area contributed by atoms with Gasteiger partial charge in [-0.2, -0.15) is 0 Å². The molecule has 0 fully saturated rings. The minimum atomic E-state index is -2.69. The van der Waals surface area contributed by atoms with Crippen LogP contribution in [0, 0.1) is 0 Å². The summed E-state index contributed by atoms with van der Waals surface area (Å²) in [6, 6.07) is 17.6. The molecule has 2 rings (SSSR count). The monoisotopic (exact) mass is 336 g/mol. The third-order valence-corrected chi connectivity index (χ3v) is 8.24. The number of hydrogen-bond acceptors (Lipinski definition) is 1. The van der Waals surface area contributed by atoms with Crippen LogP contribution in [0.15, 0.2) is 59.1 Å². The zero-order valence-electron chi connectivity index (χ0n) is 11.4. The predicted octanol–water partition coefficient (Wildman–Crippen LogP) is 4.56. The van der Waals surface area contributed by atoms with Crippen LogP contribution in [0.1, 0.15) is 20.8 Å². The highest BCUT2D eigenvalue weighted by molar-refractivity contribution is 9.10. The van der Waals surface area contributed by atoms with E-state index in [-0.39, 0.29) is 5.16 Å². The third kappa shape index (κ3) is 2.57. The van der Waals surface area contributed by atoms with E-state index in [1.165, 1.54) is 0 Å². The van der Waals surface area contributed by atoms with Crippen LogP contribution in [0.3, 0.4) is 0 Å². The molecule has 2 aromatic rings. The summed E-state index contributed by atoms with van der Waals surface area (Å²) in [5.74, 6) is 0. The Hall–Kier alpha value is -0.850. The summed E-state index contributed by atoms with van der Waals surface area (Å²) in [4.78, 5) is 0. The second-order valence-electron chi connectivity index (χ2n) is 5.57. The predicted molar refractivity (Wildman–Crippen MR) is 87.2 cm³/mol. The van der Waals surface area contributed by atoms with Crippen LogP contribution in [-0.2, 0) is 4.57 Å². The molecule has 0 saturated carbocycles. The lowest BCUT2D eigenvalue weighted by Gasteiger charge is -2.32. The number of halogens is 1. The molecule has 0 heterocycles. The first-order valence-electron chi connectivity index (χ1n) is 6.28. The summed E-state index contributed by atoms with van der Waals surface area (Å²) >= 11 is 3.55. The number of hydrogen-bond donors (Lipinski definition) is 0. The van der Waals surface area contributed by atoms with Crippen molar-refractivity contribution in [2.45, 2.75) is 25.9 Å². The molecule has 0 aliphatic rings. The van der Waals surface area contributed by atoms with E-state index >= 15 is 0 Å². The minimum Gasteiger partial charge on any atom is -0.313 e. The number of benzene rings is 2. The standard InChI is InChI=1S/C16H18BrOP/c1-16(2,3)19(18,13-9-5-4-6-10-13)15-12-8-7-11-14(15)17/h4-12H,1-3H3/t19-/m0/s1. The van der Waals surface area contributed by atoms with Gasteiger partial charge in [-0.05, 0) is 6.07 Å². The molecule has 0 aliphatic carbocycles. The molecule has 0 saturated heterocycles. The van der Waals surface area contributed by atoms with E-state index in [0.29, 0.717) is 0 Å². The highest BCUT2D eigenvalue weighted by Crippen LogP contribution is 2.56. The summed E-state index contributed by atoms with van der Waals surface area (Å²) in [5.41, 5.74) is 0. The van der Waals surface area contributed by atoms with Crippen molar-refractivity contribution in [3.8, 4) is 0 Å². The fourth-order valence-electron chi connectivity index (χ4n) is 2.23. The van der Waals surface area contributed by atoms with Gasteiger partial charge in [0, 0.05) is 20.2 Å². The van der Waals surface area contributed by atoms with Crippen molar-refractivity contribution in [1.82, 2.24) is 0 Å². The molecule has 1 atom stereocenters. The van der Waals surface area contributed by atoms with Gasteiger partial charge in [0.05, 0.1) is 0 Å². The van der Waals surface area contributed by atoms with E-state index in [2.05, 4.69) is 15.9 Å². The van der Waals surface area contributed by atoms with Crippen LogP contribution in [0.25, 0.3) is 0 Å². The first kappa shape index (κ1) is 14.6. The first-order valence-corrected chi connectivity index (χ1v) is 8.78. The average Bonchev–Trinajstić information content (AvgIpc) is 2.38. The van der Waals surface area contributed by atoms with Crippen molar-refractivity contribution in [3.63, 3.8) is 0 Å². The smallest absolute Gasteiger partial charge is 0.149 e. The molecule has 0 radical (unpaired) electrons. The molecule has 0 aromatic heterocycles. The molecule has 19 heavy (non-hydrogen) atoms. The summed E-state index contributed by atoms with van der Waals surface area (Å²) in [6.07, 6.45) is 0. The van der Waals surface area contributed by atoms with Gasteiger partial charge < -0.3 is 4.57 Å². The maximum Gasteiger partial charge on any atom is 0.149 e. The van der Waals surface area contributed by atoms with E-state index < -0.39 is 7.14 Å². The summed E-state index contributed by atoms with van der Waals surface area (Å²) < 4.78 is 14.7. The molecule has 0 aliphatic heterocycles. The second kappa shape index (κ2) is 5.26. The maximum absolute atomic E-state index is 13.8. The van der Waals surface area contributed by atoms with E-state index in [1.54, 1.807) is 0 Å². The molecule has 0 bridgehead atoms. The lowest BCUT2D eigenvalue weighted by Crippen LogP contribution is -2.31. The fraction of sp³-hybridized carbons (Fsp3) is 0.250. The van der Waals surface area contributed by atoms with Gasteiger partial charge in [0.2, 0.25) is 0 Å². The van der Waals surface area contributed by atoms with Gasteiger partial charge in [-0.15, -0.1) is 0 Å². The Kier molecular flexibility index (Phi) is 4.03. The van der Waals surface area contributed by atoms with Crippen molar-refractivity contribution < 1.29 is 4.57 Å². The minimum absolute atomic E-state index is 0.321. The molecule has 100 valence electrons. The summed E-state index contributed by atoms with van der Waals surface area (Å²) in [6.45, 7) is 6.13. The quantitative estimate of drug-likeness (QED) is 0.734. The van der Waals surface area contributed by atoms with Gasteiger partial charge in [0.1, 0.15) is 7.14 Å². The largest absolute Gasteiger partial charge is 0.313 e. The van der Waals surface area contributed by atoms with Crippen molar-refractivity contribution in [1.29, 1.82) is 0 Å². The zero-order valence-corrected chi connectivity index (χ0v) is 13.9. The van der Waals surface area contributed by atoms with Crippen molar-refractivity contribution in [2.24, 2.45) is 0 Å². The van der Waals surface area contributed by atoms with Gasteiger partial charge in [-0.25, -0.2) is 0 Å². The van der Waals surface area contributed by atoms with Crippen molar-refractivity contribution >= 4 is 33.7 Å². The lowest BCUT2D eigenvalue weighted by atomic mass is 10.3. The summed E-state index contributed by atoms with van der Waals surface area (Å²) in [7, 11) is -2.69. The normalized spacial score (nSPS) is 14.9.